The van der Waals surface area contributed by atoms with E-state index in [1.54, 1.807) is 25.3 Å². The molecule has 0 aliphatic heterocycles. The Labute approximate surface area is 193 Å². The fraction of sp³-hybridized carbons (Fsp3) is 0.333. The Balaban J connectivity index is 0.00000341. The molecule has 0 N–H and O–H groups in total. The van der Waals surface area contributed by atoms with Gasteiger partial charge < -0.3 is 9.64 Å². The molecule has 0 saturated heterocycles. The molecule has 0 saturated carbocycles. The van der Waals surface area contributed by atoms with Crippen LogP contribution in [0.25, 0.3) is 10.2 Å². The number of nitrogens with zero attached hydrogens (tertiary/aromatic N) is 3. The maximum absolute atomic E-state index is 13.1. The minimum absolute atomic E-state index is 0. The van der Waals surface area contributed by atoms with Gasteiger partial charge in [0.1, 0.15) is 11.5 Å². The van der Waals surface area contributed by atoms with Gasteiger partial charge in [-0.1, -0.05) is 29.5 Å². The summed E-state index contributed by atoms with van der Waals surface area (Å²) in [6, 6.07) is 13.5. The van der Waals surface area contributed by atoms with Crippen LogP contribution in [0.1, 0.15) is 6.42 Å². The van der Waals surface area contributed by atoms with E-state index in [0.29, 0.717) is 23.8 Å². The van der Waals surface area contributed by atoms with E-state index in [1.165, 1.54) is 28.4 Å². The molecule has 7 nitrogen and oxygen atoms in total. The van der Waals surface area contributed by atoms with E-state index in [9.17, 15) is 13.2 Å². The Bertz CT molecular complexity index is 1120. The molecule has 0 unspecified atom stereocenters. The predicted octanol–water partition coefficient (Wildman–Crippen LogP) is 3.49. The van der Waals surface area contributed by atoms with Crippen LogP contribution in [-0.2, 0) is 14.6 Å². The first kappa shape index (κ1) is 25.1. The summed E-state index contributed by atoms with van der Waals surface area (Å²) < 4.78 is 31.6. The number of benzene rings is 2. The smallest absolute Gasteiger partial charge is 0.244 e. The molecule has 1 aromatic heterocycles. The molecule has 0 atom stereocenters. The Kier molecular flexibility index (Phi) is 8.81. The van der Waals surface area contributed by atoms with Gasteiger partial charge in [0.05, 0.1) is 22.2 Å². The lowest BCUT2D eigenvalue weighted by Gasteiger charge is -2.21. The number of fused-ring (bicyclic) bond motifs is 1. The van der Waals surface area contributed by atoms with Crippen molar-refractivity contribution in [2.24, 2.45) is 0 Å². The van der Waals surface area contributed by atoms with E-state index in [-0.39, 0.29) is 17.3 Å². The van der Waals surface area contributed by atoms with Crippen molar-refractivity contribution in [2.45, 2.75) is 11.3 Å². The van der Waals surface area contributed by atoms with Crippen molar-refractivity contribution in [3.8, 4) is 5.75 Å². The van der Waals surface area contributed by atoms with Gasteiger partial charge in [-0.3, -0.25) is 9.69 Å². The van der Waals surface area contributed by atoms with Crippen molar-refractivity contribution >= 4 is 54.8 Å². The van der Waals surface area contributed by atoms with E-state index in [0.717, 1.165) is 16.8 Å². The number of rotatable bonds is 9. The fourth-order valence-corrected chi connectivity index (χ4v) is 5.22. The summed E-state index contributed by atoms with van der Waals surface area (Å²) in [6.45, 7) is 1.16. The van der Waals surface area contributed by atoms with Crippen LogP contribution in [0.4, 0.5) is 5.13 Å². The van der Waals surface area contributed by atoms with Crippen LogP contribution in [0.15, 0.2) is 53.4 Å². The first-order valence-electron chi connectivity index (χ1n) is 9.47. The Hall–Kier alpha value is -2.20. The van der Waals surface area contributed by atoms with E-state index in [4.69, 9.17) is 4.74 Å². The number of carbonyl (C=O) groups excluding carboxylic acids is 1. The first-order valence-corrected chi connectivity index (χ1v) is 11.9. The van der Waals surface area contributed by atoms with Gasteiger partial charge in [-0.05, 0) is 57.4 Å². The van der Waals surface area contributed by atoms with Crippen LogP contribution in [0.2, 0.25) is 0 Å². The molecule has 31 heavy (non-hydrogen) atoms. The number of anilines is 1. The number of ether oxygens (including phenoxy) is 1. The van der Waals surface area contributed by atoms with Gasteiger partial charge >= 0.3 is 0 Å². The summed E-state index contributed by atoms with van der Waals surface area (Å²) in [6.07, 6.45) is 0.698. The first-order chi connectivity index (χ1) is 14.3. The molecule has 1 heterocycles. The van der Waals surface area contributed by atoms with Crippen LogP contribution in [0, 0.1) is 0 Å². The monoisotopic (exact) mass is 483 g/mol. The largest absolute Gasteiger partial charge is 0.497 e. The van der Waals surface area contributed by atoms with E-state index < -0.39 is 21.5 Å². The highest BCUT2D eigenvalue weighted by Crippen LogP contribution is 2.32. The average molecular weight is 484 g/mol. The number of hydrogen-bond donors (Lipinski definition) is 0. The highest BCUT2D eigenvalue weighted by molar-refractivity contribution is 7.92. The molecule has 3 rings (SSSR count). The van der Waals surface area contributed by atoms with Crippen LogP contribution in [0.5, 0.6) is 5.75 Å². The van der Waals surface area contributed by atoms with Crippen LogP contribution < -0.4 is 9.64 Å². The van der Waals surface area contributed by atoms with Gasteiger partial charge in [-0.2, -0.15) is 0 Å². The summed E-state index contributed by atoms with van der Waals surface area (Å²) in [5, 5.41) is 0.491. The Morgan fingerprint density at radius 1 is 1.10 bits per heavy atom. The third-order valence-corrected chi connectivity index (χ3v) is 7.18. The number of halogens is 1. The van der Waals surface area contributed by atoms with Gasteiger partial charge in [0.25, 0.3) is 0 Å². The minimum atomic E-state index is -3.74. The molecular formula is C21H26ClN3O4S2. The number of methoxy groups -OCH3 is 1. The molecule has 0 spiro atoms. The zero-order valence-corrected chi connectivity index (χ0v) is 20.1. The van der Waals surface area contributed by atoms with Crippen molar-refractivity contribution in [1.82, 2.24) is 9.88 Å². The lowest BCUT2D eigenvalue weighted by Crippen LogP contribution is -2.37. The molecule has 168 valence electrons. The van der Waals surface area contributed by atoms with Crippen LogP contribution >= 0.6 is 23.7 Å². The predicted molar refractivity (Wildman–Crippen MR) is 127 cm³/mol. The van der Waals surface area contributed by atoms with Crippen LogP contribution in [0.3, 0.4) is 0 Å². The Morgan fingerprint density at radius 2 is 1.81 bits per heavy atom. The second kappa shape index (κ2) is 10.9. The van der Waals surface area contributed by atoms with Crippen molar-refractivity contribution < 1.29 is 17.9 Å². The SMILES string of the molecule is COc1ccc2nc(N(CCCN(C)C)C(=O)CS(=O)(=O)c3ccccc3)sc2c1.Cl. The van der Waals surface area contributed by atoms with Gasteiger partial charge in [-0.25, -0.2) is 13.4 Å². The molecule has 2 aromatic carbocycles. The van der Waals surface area contributed by atoms with Crippen LogP contribution in [-0.4, -0.2) is 64.3 Å². The van der Waals surface area contributed by atoms with E-state index in [1.807, 2.05) is 37.2 Å². The van der Waals surface area contributed by atoms with Crippen molar-refractivity contribution in [3.05, 3.63) is 48.5 Å². The zero-order valence-electron chi connectivity index (χ0n) is 17.6. The lowest BCUT2D eigenvalue weighted by atomic mass is 10.3. The number of amides is 1. The summed E-state index contributed by atoms with van der Waals surface area (Å²) in [7, 11) is 1.76. The maximum Gasteiger partial charge on any atom is 0.244 e. The second-order valence-corrected chi connectivity index (χ2v) is 10.1. The number of hydrogen-bond acceptors (Lipinski definition) is 7. The van der Waals surface area contributed by atoms with Gasteiger partial charge in [-0.15, -0.1) is 12.4 Å². The summed E-state index contributed by atoms with van der Waals surface area (Å²) in [5.41, 5.74) is 0.743. The highest BCUT2D eigenvalue weighted by atomic mass is 35.5. The molecule has 3 aromatic rings. The Morgan fingerprint density at radius 3 is 2.45 bits per heavy atom. The van der Waals surface area contributed by atoms with Crippen molar-refractivity contribution in [1.29, 1.82) is 0 Å². The summed E-state index contributed by atoms with van der Waals surface area (Å²) in [4.78, 5) is 21.3. The molecule has 1 amide bonds. The zero-order chi connectivity index (χ0) is 21.7. The number of carbonyl (C=O) groups is 1. The topological polar surface area (TPSA) is 79.8 Å². The van der Waals surface area contributed by atoms with Gasteiger partial charge in [0.2, 0.25) is 5.91 Å². The van der Waals surface area contributed by atoms with Crippen molar-refractivity contribution in [3.63, 3.8) is 0 Å². The molecule has 0 aliphatic rings. The average Bonchev–Trinajstić information content (AvgIpc) is 3.13. The molecule has 0 fully saturated rings. The second-order valence-electron chi connectivity index (χ2n) is 7.10. The molecule has 0 aliphatic carbocycles. The number of thiazole rings is 1. The molecule has 10 heteroatoms. The minimum Gasteiger partial charge on any atom is -0.497 e. The third kappa shape index (κ3) is 6.39. The molecule has 0 radical (unpaired) electrons. The van der Waals surface area contributed by atoms with E-state index >= 15 is 0 Å². The summed E-state index contributed by atoms with van der Waals surface area (Å²) in [5.74, 6) is -0.378. The van der Waals surface area contributed by atoms with Crippen molar-refractivity contribution in [2.75, 3.05) is 44.9 Å². The highest BCUT2D eigenvalue weighted by Gasteiger charge is 2.26. The fourth-order valence-electron chi connectivity index (χ4n) is 2.96. The lowest BCUT2D eigenvalue weighted by molar-refractivity contribution is -0.116. The van der Waals surface area contributed by atoms with Gasteiger partial charge in [0.15, 0.2) is 15.0 Å². The normalized spacial score (nSPS) is 11.4. The van der Waals surface area contributed by atoms with E-state index in [2.05, 4.69) is 4.98 Å². The third-order valence-electron chi connectivity index (χ3n) is 4.52. The van der Waals surface area contributed by atoms with Gasteiger partial charge in [0, 0.05) is 6.54 Å². The molecule has 0 bridgehead atoms. The maximum atomic E-state index is 13.1. The number of sulfone groups is 1. The summed E-state index contributed by atoms with van der Waals surface area (Å²) >= 11 is 1.35. The molecular weight excluding hydrogens is 458 g/mol. The standard InChI is InChI=1S/C21H25N3O4S2.ClH/c1-23(2)12-7-13-24(20(25)15-30(26,27)17-8-5-4-6-9-17)21-22-18-11-10-16(28-3)14-19(18)29-21;/h4-6,8-11,14H,7,12-13,15H2,1-3H3;1H. The quantitative estimate of drug-likeness (QED) is 0.463. The number of aromatic nitrogens is 1.